The summed E-state index contributed by atoms with van der Waals surface area (Å²) in [6.45, 7) is 5.66. The molecule has 0 heterocycles. The van der Waals surface area contributed by atoms with Gasteiger partial charge in [-0.25, -0.2) is 4.39 Å². The van der Waals surface area contributed by atoms with E-state index in [0.29, 0.717) is 12.3 Å². The smallest absolute Gasteiger partial charge is 0.254 e. The van der Waals surface area contributed by atoms with Crippen LogP contribution in [-0.2, 0) is 0 Å². The highest BCUT2D eigenvalue weighted by Gasteiger charge is 2.23. The van der Waals surface area contributed by atoms with Crippen molar-refractivity contribution in [3.8, 4) is 0 Å². The fourth-order valence-electron chi connectivity index (χ4n) is 2.00. The number of carbonyl (C=O) groups is 1. The van der Waals surface area contributed by atoms with Crippen LogP contribution in [0.3, 0.4) is 0 Å². The van der Waals surface area contributed by atoms with Crippen LogP contribution in [0.2, 0.25) is 5.02 Å². The van der Waals surface area contributed by atoms with Gasteiger partial charge in [0.25, 0.3) is 5.91 Å². The topological polar surface area (TPSA) is 49.3 Å². The van der Waals surface area contributed by atoms with Crippen molar-refractivity contribution >= 4 is 17.5 Å². The molecule has 5 heteroatoms. The molecule has 0 fully saturated rings. The largest absolute Gasteiger partial charge is 0.388 e. The normalized spacial score (nSPS) is 14.3. The molecule has 3 nitrogen and oxygen atoms in total. The van der Waals surface area contributed by atoms with Crippen LogP contribution in [0, 0.1) is 11.7 Å². The van der Waals surface area contributed by atoms with Crippen LogP contribution in [0.15, 0.2) is 18.2 Å². The average Bonchev–Trinajstić information content (AvgIpc) is 2.28. The van der Waals surface area contributed by atoms with E-state index in [1.807, 2.05) is 13.8 Å². The highest BCUT2D eigenvalue weighted by molar-refractivity contribution is 6.31. The number of carbonyl (C=O) groups excluding carboxylic acids is 1. The maximum absolute atomic E-state index is 13.6. The summed E-state index contributed by atoms with van der Waals surface area (Å²) in [5.41, 5.74) is -1.13. The van der Waals surface area contributed by atoms with Crippen LogP contribution in [0.1, 0.15) is 37.6 Å². The zero-order valence-electron chi connectivity index (χ0n) is 11.3. The first-order valence-corrected chi connectivity index (χ1v) is 6.55. The van der Waals surface area contributed by atoms with Gasteiger partial charge in [0.05, 0.1) is 16.2 Å². The second-order valence-corrected chi connectivity index (χ2v) is 5.79. The third kappa shape index (κ3) is 4.80. The lowest BCUT2D eigenvalue weighted by Crippen LogP contribution is -2.41. The van der Waals surface area contributed by atoms with E-state index in [9.17, 15) is 14.3 Å². The molecule has 1 atom stereocenters. The molecule has 0 aliphatic heterocycles. The zero-order chi connectivity index (χ0) is 14.6. The first kappa shape index (κ1) is 15.9. The number of amides is 1. The van der Waals surface area contributed by atoms with Crippen LogP contribution >= 0.6 is 11.6 Å². The molecule has 106 valence electrons. The summed E-state index contributed by atoms with van der Waals surface area (Å²) < 4.78 is 13.6. The number of hydrogen-bond donors (Lipinski definition) is 2. The predicted octanol–water partition coefficient (Wildman–Crippen LogP) is 3.01. The third-order valence-corrected chi connectivity index (χ3v) is 2.97. The van der Waals surface area contributed by atoms with Gasteiger partial charge in [-0.1, -0.05) is 31.5 Å². The number of nitrogens with one attached hydrogen (secondary N) is 1. The van der Waals surface area contributed by atoms with Crippen LogP contribution in [0.25, 0.3) is 0 Å². The molecule has 0 aromatic heterocycles. The van der Waals surface area contributed by atoms with E-state index in [0.717, 1.165) is 0 Å². The van der Waals surface area contributed by atoms with Crippen molar-refractivity contribution in [3.63, 3.8) is 0 Å². The Balaban J connectivity index is 2.68. The summed E-state index contributed by atoms with van der Waals surface area (Å²) in [6.07, 6.45) is 0.547. The molecule has 1 aromatic rings. The van der Waals surface area contributed by atoms with Crippen molar-refractivity contribution in [1.82, 2.24) is 5.32 Å². The molecule has 2 N–H and O–H groups in total. The quantitative estimate of drug-likeness (QED) is 0.875. The highest BCUT2D eigenvalue weighted by atomic mass is 35.5. The minimum absolute atomic E-state index is 0.0654. The van der Waals surface area contributed by atoms with Gasteiger partial charge in [0, 0.05) is 6.54 Å². The van der Waals surface area contributed by atoms with Gasteiger partial charge in [-0.05, 0) is 31.4 Å². The van der Waals surface area contributed by atoms with Crippen molar-refractivity contribution in [2.45, 2.75) is 32.8 Å². The minimum Gasteiger partial charge on any atom is -0.388 e. The molecule has 0 radical (unpaired) electrons. The van der Waals surface area contributed by atoms with E-state index >= 15 is 0 Å². The van der Waals surface area contributed by atoms with Crippen molar-refractivity contribution in [3.05, 3.63) is 34.6 Å². The fourth-order valence-corrected chi connectivity index (χ4v) is 2.17. The van der Waals surface area contributed by atoms with Gasteiger partial charge in [0.2, 0.25) is 0 Å². The SMILES string of the molecule is CC(C)CC(C)(O)CNC(=O)c1cccc(Cl)c1F. The Morgan fingerprint density at radius 1 is 1.53 bits per heavy atom. The van der Waals surface area contributed by atoms with Crippen LogP contribution < -0.4 is 5.32 Å². The van der Waals surface area contributed by atoms with E-state index in [2.05, 4.69) is 5.32 Å². The molecule has 0 aliphatic rings. The van der Waals surface area contributed by atoms with Crippen molar-refractivity contribution in [2.24, 2.45) is 5.92 Å². The molecule has 0 saturated heterocycles. The molecule has 19 heavy (non-hydrogen) atoms. The maximum Gasteiger partial charge on any atom is 0.254 e. The number of aliphatic hydroxyl groups is 1. The molecule has 1 rings (SSSR count). The number of hydrogen-bond acceptors (Lipinski definition) is 2. The Morgan fingerprint density at radius 2 is 2.16 bits per heavy atom. The van der Waals surface area contributed by atoms with Crippen molar-refractivity contribution < 1.29 is 14.3 Å². The molecule has 0 aliphatic carbocycles. The van der Waals surface area contributed by atoms with Crippen molar-refractivity contribution in [1.29, 1.82) is 0 Å². The molecular formula is C14H19ClFNO2. The highest BCUT2D eigenvalue weighted by Crippen LogP contribution is 2.19. The van der Waals surface area contributed by atoms with E-state index < -0.39 is 17.3 Å². The molecule has 1 aromatic carbocycles. The van der Waals surface area contributed by atoms with E-state index in [1.165, 1.54) is 18.2 Å². The standard InChI is InChI=1S/C14H19ClFNO2/c1-9(2)7-14(3,19)8-17-13(18)10-5-4-6-11(15)12(10)16/h4-6,9,19H,7-8H2,1-3H3,(H,17,18). The first-order valence-electron chi connectivity index (χ1n) is 6.17. The summed E-state index contributed by atoms with van der Waals surface area (Å²) in [4.78, 5) is 11.8. The lowest BCUT2D eigenvalue weighted by atomic mass is 9.94. The lowest BCUT2D eigenvalue weighted by Gasteiger charge is -2.25. The van der Waals surface area contributed by atoms with Crippen LogP contribution in [0.5, 0.6) is 0 Å². The fraction of sp³-hybridized carbons (Fsp3) is 0.500. The summed E-state index contributed by atoms with van der Waals surface area (Å²) in [7, 11) is 0. The third-order valence-electron chi connectivity index (χ3n) is 2.67. The van der Waals surface area contributed by atoms with Gasteiger partial charge in [-0.3, -0.25) is 4.79 Å². The molecule has 0 bridgehead atoms. The molecular weight excluding hydrogens is 269 g/mol. The summed E-state index contributed by atoms with van der Waals surface area (Å²) in [5.74, 6) is -1.02. The van der Waals surface area contributed by atoms with Crippen LogP contribution in [0.4, 0.5) is 4.39 Å². The molecule has 0 spiro atoms. The second kappa shape index (κ2) is 6.35. The van der Waals surface area contributed by atoms with Gasteiger partial charge >= 0.3 is 0 Å². The predicted molar refractivity (Wildman–Crippen MR) is 73.8 cm³/mol. The van der Waals surface area contributed by atoms with Crippen LogP contribution in [-0.4, -0.2) is 23.2 Å². The van der Waals surface area contributed by atoms with E-state index in [4.69, 9.17) is 11.6 Å². The Kier molecular flexibility index (Phi) is 5.32. The van der Waals surface area contributed by atoms with Crippen molar-refractivity contribution in [2.75, 3.05) is 6.54 Å². The van der Waals surface area contributed by atoms with E-state index in [1.54, 1.807) is 6.92 Å². The summed E-state index contributed by atoms with van der Waals surface area (Å²) in [5, 5.41) is 12.5. The number of rotatable bonds is 5. The van der Waals surface area contributed by atoms with Gasteiger partial charge < -0.3 is 10.4 Å². The number of benzene rings is 1. The molecule has 1 unspecified atom stereocenters. The molecule has 0 saturated carbocycles. The van der Waals surface area contributed by atoms with Gasteiger partial charge in [0.1, 0.15) is 0 Å². The summed E-state index contributed by atoms with van der Waals surface area (Å²) in [6, 6.07) is 4.24. The van der Waals surface area contributed by atoms with E-state index in [-0.39, 0.29) is 17.1 Å². The van der Waals surface area contributed by atoms with Gasteiger partial charge in [-0.15, -0.1) is 0 Å². The Labute approximate surface area is 117 Å². The first-order chi connectivity index (χ1) is 8.73. The lowest BCUT2D eigenvalue weighted by molar-refractivity contribution is 0.0367. The van der Waals surface area contributed by atoms with Gasteiger partial charge in [0.15, 0.2) is 5.82 Å². The monoisotopic (exact) mass is 287 g/mol. The maximum atomic E-state index is 13.6. The summed E-state index contributed by atoms with van der Waals surface area (Å²) >= 11 is 5.61. The zero-order valence-corrected chi connectivity index (χ0v) is 12.1. The Morgan fingerprint density at radius 3 is 2.74 bits per heavy atom. The average molecular weight is 288 g/mol. The minimum atomic E-state index is -1.02. The molecule has 1 amide bonds. The Bertz CT molecular complexity index is 461. The Hall–Kier alpha value is -1.13. The second-order valence-electron chi connectivity index (χ2n) is 5.38. The number of halogens is 2. The van der Waals surface area contributed by atoms with Gasteiger partial charge in [-0.2, -0.15) is 0 Å².